The van der Waals surface area contributed by atoms with E-state index in [4.69, 9.17) is 0 Å². The van der Waals surface area contributed by atoms with Crippen LogP contribution in [0.25, 0.3) is 0 Å². The van der Waals surface area contributed by atoms with Gasteiger partial charge in [0.15, 0.2) is 5.82 Å². The summed E-state index contributed by atoms with van der Waals surface area (Å²) in [5.74, 6) is 0.505. The number of aromatic nitrogens is 5. The van der Waals surface area contributed by atoms with E-state index in [1.165, 1.54) is 11.0 Å². The molecule has 0 aliphatic carbocycles. The van der Waals surface area contributed by atoms with Crippen LogP contribution < -0.4 is 0 Å². The Morgan fingerprint density at radius 1 is 1.59 bits per heavy atom. The Kier molecular flexibility index (Phi) is 3.18. The average Bonchev–Trinajstić information content (AvgIpc) is 2.85. The van der Waals surface area contributed by atoms with Crippen LogP contribution in [0.2, 0.25) is 0 Å². The molecule has 9 heteroatoms. The van der Waals surface area contributed by atoms with Crippen molar-refractivity contribution in [2.75, 3.05) is 0 Å². The van der Waals surface area contributed by atoms with E-state index in [1.807, 2.05) is 6.92 Å². The first-order chi connectivity index (χ1) is 8.11. The molecule has 2 rings (SSSR count). The third kappa shape index (κ3) is 2.33. The van der Waals surface area contributed by atoms with Gasteiger partial charge in [-0.1, -0.05) is 0 Å². The second-order valence-electron chi connectivity index (χ2n) is 3.25. The summed E-state index contributed by atoms with van der Waals surface area (Å²) < 4.78 is 3.52. The number of aryl methyl sites for hydroxylation is 1. The van der Waals surface area contributed by atoms with E-state index >= 15 is 0 Å². The zero-order valence-corrected chi connectivity index (χ0v) is 10.5. The number of rotatable bonds is 4. The van der Waals surface area contributed by atoms with E-state index in [1.54, 1.807) is 10.9 Å². The molecule has 90 valence electrons. The molecule has 2 aromatic heterocycles. The average molecular weight is 301 g/mol. The van der Waals surface area contributed by atoms with E-state index in [9.17, 15) is 10.1 Å². The van der Waals surface area contributed by atoms with Crippen LogP contribution >= 0.6 is 15.9 Å². The summed E-state index contributed by atoms with van der Waals surface area (Å²) in [5.41, 5.74) is 0. The quantitative estimate of drug-likeness (QED) is 0.625. The van der Waals surface area contributed by atoms with Crippen molar-refractivity contribution in [2.45, 2.75) is 20.0 Å². The molecule has 0 saturated carbocycles. The van der Waals surface area contributed by atoms with Crippen LogP contribution in [-0.2, 0) is 13.1 Å². The Hall–Kier alpha value is -1.77. The van der Waals surface area contributed by atoms with E-state index in [2.05, 4.69) is 31.1 Å². The molecule has 2 heterocycles. The maximum absolute atomic E-state index is 10.6. The van der Waals surface area contributed by atoms with Crippen molar-refractivity contribution >= 4 is 21.7 Å². The molecule has 0 fully saturated rings. The molecule has 2 aromatic rings. The maximum Gasteiger partial charge on any atom is 0.404 e. The van der Waals surface area contributed by atoms with E-state index in [0.29, 0.717) is 23.4 Å². The maximum atomic E-state index is 10.6. The van der Waals surface area contributed by atoms with Crippen molar-refractivity contribution in [3.05, 3.63) is 32.9 Å². The lowest BCUT2D eigenvalue weighted by atomic mass is 10.5. The molecule has 0 N–H and O–H groups in total. The SMILES string of the molecule is CCn1ncnc1Cn1cc(Br)c([N+](=O)[O-])n1. The molecule has 8 nitrogen and oxygen atoms in total. The molecule has 17 heavy (non-hydrogen) atoms. The Bertz CT molecular complexity index is 548. The molecular formula is C8H9BrN6O2. The lowest BCUT2D eigenvalue weighted by Gasteiger charge is -1.99. The van der Waals surface area contributed by atoms with Crippen molar-refractivity contribution in [3.8, 4) is 0 Å². The second kappa shape index (κ2) is 4.62. The minimum absolute atomic E-state index is 0.201. The summed E-state index contributed by atoms with van der Waals surface area (Å²) >= 11 is 3.09. The van der Waals surface area contributed by atoms with Gasteiger partial charge in [-0.2, -0.15) is 9.78 Å². The van der Waals surface area contributed by atoms with Gasteiger partial charge in [-0.3, -0.25) is 0 Å². The summed E-state index contributed by atoms with van der Waals surface area (Å²) in [6.07, 6.45) is 3.00. The van der Waals surface area contributed by atoms with Gasteiger partial charge in [0.1, 0.15) is 17.3 Å². The van der Waals surface area contributed by atoms with Crippen LogP contribution in [-0.4, -0.2) is 29.5 Å². The summed E-state index contributed by atoms with van der Waals surface area (Å²) in [6, 6.07) is 0. The minimum atomic E-state index is -0.537. The van der Waals surface area contributed by atoms with Gasteiger partial charge in [-0.05, 0) is 27.8 Å². The third-order valence-electron chi connectivity index (χ3n) is 2.17. The Labute approximate surface area is 105 Å². The highest BCUT2D eigenvalue weighted by molar-refractivity contribution is 9.10. The Morgan fingerprint density at radius 3 is 2.94 bits per heavy atom. The van der Waals surface area contributed by atoms with E-state index < -0.39 is 4.92 Å². The molecule has 0 saturated heterocycles. The van der Waals surface area contributed by atoms with Gasteiger partial charge < -0.3 is 10.1 Å². The van der Waals surface area contributed by atoms with Crippen LogP contribution in [0.5, 0.6) is 0 Å². The number of nitro groups is 1. The van der Waals surface area contributed by atoms with Crippen LogP contribution in [0, 0.1) is 10.1 Å². The van der Waals surface area contributed by atoms with Gasteiger partial charge in [0.25, 0.3) is 0 Å². The molecule has 0 spiro atoms. The largest absolute Gasteiger partial charge is 0.404 e. The first kappa shape index (κ1) is 11.7. The highest BCUT2D eigenvalue weighted by Gasteiger charge is 2.19. The number of hydrogen-bond acceptors (Lipinski definition) is 5. The van der Waals surface area contributed by atoms with Crippen LogP contribution in [0.1, 0.15) is 12.7 Å². The zero-order valence-electron chi connectivity index (χ0n) is 8.95. The van der Waals surface area contributed by atoms with Gasteiger partial charge in [0.05, 0.1) is 11.3 Å². The molecule has 0 aromatic carbocycles. The summed E-state index contributed by atoms with van der Waals surface area (Å²) in [5, 5.41) is 18.5. The molecule has 0 bridgehead atoms. The van der Waals surface area contributed by atoms with Crippen molar-refractivity contribution in [3.63, 3.8) is 0 Å². The smallest absolute Gasteiger partial charge is 0.358 e. The van der Waals surface area contributed by atoms with Crippen LogP contribution in [0.3, 0.4) is 0 Å². The molecule has 0 unspecified atom stereocenters. The molecule has 0 radical (unpaired) electrons. The molecule has 0 atom stereocenters. The number of nitrogens with zero attached hydrogens (tertiary/aromatic N) is 6. The first-order valence-electron chi connectivity index (χ1n) is 4.85. The highest BCUT2D eigenvalue weighted by atomic mass is 79.9. The van der Waals surface area contributed by atoms with Gasteiger partial charge in [-0.25, -0.2) is 9.67 Å². The number of halogens is 1. The first-order valence-corrected chi connectivity index (χ1v) is 5.65. The summed E-state index contributed by atoms with van der Waals surface area (Å²) in [4.78, 5) is 14.2. The summed E-state index contributed by atoms with van der Waals surface area (Å²) in [7, 11) is 0. The highest BCUT2D eigenvalue weighted by Crippen LogP contribution is 2.22. The fourth-order valence-electron chi connectivity index (χ4n) is 1.41. The lowest BCUT2D eigenvalue weighted by molar-refractivity contribution is -0.390. The van der Waals surface area contributed by atoms with Crippen molar-refractivity contribution in [1.82, 2.24) is 24.5 Å². The van der Waals surface area contributed by atoms with Crippen molar-refractivity contribution in [2.24, 2.45) is 0 Å². The molecule has 0 aliphatic heterocycles. The predicted molar refractivity (Wildman–Crippen MR) is 61.4 cm³/mol. The number of hydrogen-bond donors (Lipinski definition) is 0. The van der Waals surface area contributed by atoms with E-state index in [0.717, 1.165) is 0 Å². The lowest BCUT2D eigenvalue weighted by Crippen LogP contribution is -2.09. The summed E-state index contributed by atoms with van der Waals surface area (Å²) in [6.45, 7) is 2.99. The minimum Gasteiger partial charge on any atom is -0.358 e. The van der Waals surface area contributed by atoms with Gasteiger partial charge in [0, 0.05) is 6.54 Å². The third-order valence-corrected chi connectivity index (χ3v) is 2.73. The Morgan fingerprint density at radius 2 is 2.35 bits per heavy atom. The topological polar surface area (TPSA) is 91.7 Å². The molecule has 0 amide bonds. The van der Waals surface area contributed by atoms with E-state index in [-0.39, 0.29) is 5.82 Å². The van der Waals surface area contributed by atoms with Crippen LogP contribution in [0.15, 0.2) is 17.0 Å². The standard InChI is InChI=1S/C8H9BrN6O2/c1-2-14-7(10-5-11-14)4-13-3-6(9)8(12-13)15(16)17/h3,5H,2,4H2,1H3. The Balaban J connectivity index is 2.25. The van der Waals surface area contributed by atoms with Gasteiger partial charge >= 0.3 is 5.82 Å². The second-order valence-corrected chi connectivity index (χ2v) is 4.10. The van der Waals surface area contributed by atoms with Crippen molar-refractivity contribution in [1.29, 1.82) is 0 Å². The van der Waals surface area contributed by atoms with Gasteiger partial charge in [0.2, 0.25) is 0 Å². The predicted octanol–water partition coefficient (Wildman–Crippen LogP) is 1.21. The van der Waals surface area contributed by atoms with Crippen LogP contribution in [0.4, 0.5) is 5.82 Å². The molecular weight excluding hydrogens is 292 g/mol. The fraction of sp³-hybridized carbons (Fsp3) is 0.375. The normalized spacial score (nSPS) is 10.7. The zero-order chi connectivity index (χ0) is 12.4. The van der Waals surface area contributed by atoms with Crippen molar-refractivity contribution < 1.29 is 4.92 Å². The molecule has 0 aliphatic rings. The van der Waals surface area contributed by atoms with Gasteiger partial charge in [-0.15, -0.1) is 0 Å². The fourth-order valence-corrected chi connectivity index (χ4v) is 1.87. The monoisotopic (exact) mass is 300 g/mol.